The smallest absolute Gasteiger partial charge is 0.295 e. The van der Waals surface area contributed by atoms with Crippen molar-refractivity contribution in [1.29, 1.82) is 0 Å². The summed E-state index contributed by atoms with van der Waals surface area (Å²) in [7, 11) is 0. The van der Waals surface area contributed by atoms with E-state index in [2.05, 4.69) is 0 Å². The van der Waals surface area contributed by atoms with Crippen LogP contribution in [0.25, 0.3) is 5.76 Å². The van der Waals surface area contributed by atoms with Gasteiger partial charge in [-0.3, -0.25) is 9.59 Å². The second-order valence-corrected chi connectivity index (χ2v) is 7.35. The quantitative estimate of drug-likeness (QED) is 0.484. The highest BCUT2D eigenvalue weighted by Gasteiger charge is 2.46. The molecule has 1 fully saturated rings. The number of benzene rings is 1. The summed E-state index contributed by atoms with van der Waals surface area (Å²) in [6.07, 6.45) is 0.727. The number of Topliss-reactive ketones (excluding diaryl/α,β-unsaturated/α-hetero) is 1. The van der Waals surface area contributed by atoms with Crippen LogP contribution in [-0.2, 0) is 9.59 Å². The van der Waals surface area contributed by atoms with E-state index in [0.29, 0.717) is 17.1 Å². The zero-order valence-electron chi connectivity index (χ0n) is 14.0. The number of halogens is 1. The first kappa shape index (κ1) is 17.7. The highest BCUT2D eigenvalue weighted by atomic mass is 35.5. The minimum absolute atomic E-state index is 0.131. The van der Waals surface area contributed by atoms with Crippen LogP contribution in [0.15, 0.2) is 41.3 Å². The van der Waals surface area contributed by atoms with Gasteiger partial charge in [-0.15, -0.1) is 11.3 Å². The SMILES string of the molecule is CCCN1C(=O)C(=O)/C(=C(\O)c2cccc(Cl)c2)C1c1sccc1C. The average Bonchev–Trinajstić information content (AvgIpc) is 3.11. The van der Waals surface area contributed by atoms with E-state index in [9.17, 15) is 14.7 Å². The number of carbonyl (C=O) groups excluding carboxylic acids is 2. The van der Waals surface area contributed by atoms with Crippen LogP contribution in [0.5, 0.6) is 0 Å². The Morgan fingerprint density at radius 2 is 2.08 bits per heavy atom. The van der Waals surface area contributed by atoms with Crippen LogP contribution in [0, 0.1) is 6.92 Å². The van der Waals surface area contributed by atoms with Gasteiger partial charge in [-0.05, 0) is 42.5 Å². The third-order valence-electron chi connectivity index (χ3n) is 4.25. The molecule has 2 heterocycles. The highest BCUT2D eigenvalue weighted by molar-refractivity contribution is 7.10. The van der Waals surface area contributed by atoms with Gasteiger partial charge in [-0.2, -0.15) is 0 Å². The Balaban J connectivity index is 2.21. The van der Waals surface area contributed by atoms with Crippen molar-refractivity contribution in [3.8, 4) is 0 Å². The van der Waals surface area contributed by atoms with Gasteiger partial charge in [0.1, 0.15) is 5.76 Å². The molecule has 0 spiro atoms. The van der Waals surface area contributed by atoms with Crippen LogP contribution in [0.1, 0.15) is 35.4 Å². The van der Waals surface area contributed by atoms with Crippen molar-refractivity contribution >= 4 is 40.4 Å². The van der Waals surface area contributed by atoms with Crippen LogP contribution in [0.3, 0.4) is 0 Å². The molecule has 4 nitrogen and oxygen atoms in total. The summed E-state index contributed by atoms with van der Waals surface area (Å²) in [6, 6.07) is 8.04. The van der Waals surface area contributed by atoms with Crippen molar-refractivity contribution < 1.29 is 14.7 Å². The molecule has 1 N–H and O–H groups in total. The molecular formula is C19H18ClNO3S. The summed E-state index contributed by atoms with van der Waals surface area (Å²) >= 11 is 7.49. The van der Waals surface area contributed by atoms with E-state index in [1.165, 1.54) is 11.3 Å². The Morgan fingerprint density at radius 1 is 1.32 bits per heavy atom. The van der Waals surface area contributed by atoms with E-state index in [1.54, 1.807) is 29.2 Å². The molecule has 130 valence electrons. The van der Waals surface area contributed by atoms with Gasteiger partial charge in [0.15, 0.2) is 0 Å². The molecule has 0 radical (unpaired) electrons. The number of thiophene rings is 1. The molecule has 1 saturated heterocycles. The maximum atomic E-state index is 12.7. The van der Waals surface area contributed by atoms with Crippen LogP contribution in [0.4, 0.5) is 0 Å². The first-order valence-corrected chi connectivity index (χ1v) is 9.29. The Kier molecular flexibility index (Phi) is 4.97. The van der Waals surface area contributed by atoms with Crippen molar-refractivity contribution in [1.82, 2.24) is 4.90 Å². The Hall–Kier alpha value is -2.11. The number of aliphatic hydroxyl groups is 1. The maximum absolute atomic E-state index is 12.7. The van der Waals surface area contributed by atoms with Crippen LogP contribution < -0.4 is 0 Å². The molecule has 1 aromatic heterocycles. The third kappa shape index (κ3) is 3.10. The number of amides is 1. The molecular weight excluding hydrogens is 358 g/mol. The fraction of sp³-hybridized carbons (Fsp3) is 0.263. The van der Waals surface area contributed by atoms with Gasteiger partial charge in [0, 0.05) is 22.0 Å². The first-order chi connectivity index (χ1) is 12.0. The van der Waals surface area contributed by atoms with Gasteiger partial charge in [-0.1, -0.05) is 30.7 Å². The van der Waals surface area contributed by atoms with Gasteiger partial charge in [0.05, 0.1) is 11.6 Å². The van der Waals surface area contributed by atoms with E-state index in [1.807, 2.05) is 25.3 Å². The molecule has 25 heavy (non-hydrogen) atoms. The van der Waals surface area contributed by atoms with Gasteiger partial charge >= 0.3 is 0 Å². The second-order valence-electron chi connectivity index (χ2n) is 5.97. The van der Waals surface area contributed by atoms with E-state index < -0.39 is 17.7 Å². The number of ketones is 1. The van der Waals surface area contributed by atoms with Crippen molar-refractivity contribution in [2.45, 2.75) is 26.3 Å². The molecule has 1 unspecified atom stereocenters. The third-order valence-corrected chi connectivity index (χ3v) is 5.56. The zero-order chi connectivity index (χ0) is 18.1. The van der Waals surface area contributed by atoms with E-state index in [4.69, 9.17) is 11.6 Å². The second kappa shape index (κ2) is 7.02. The number of carbonyl (C=O) groups is 2. The predicted octanol–water partition coefficient (Wildman–Crippen LogP) is 4.54. The van der Waals surface area contributed by atoms with Gasteiger partial charge in [0.2, 0.25) is 0 Å². The summed E-state index contributed by atoms with van der Waals surface area (Å²) in [5, 5.41) is 13.2. The Bertz CT molecular complexity index is 871. The molecule has 0 bridgehead atoms. The fourth-order valence-corrected chi connectivity index (χ4v) is 4.32. The summed E-state index contributed by atoms with van der Waals surface area (Å²) in [6.45, 7) is 4.35. The number of likely N-dealkylation sites (tertiary alicyclic amines) is 1. The summed E-state index contributed by atoms with van der Waals surface area (Å²) in [4.78, 5) is 27.7. The van der Waals surface area contributed by atoms with Crippen LogP contribution in [0.2, 0.25) is 5.02 Å². The predicted molar refractivity (Wildman–Crippen MR) is 99.8 cm³/mol. The van der Waals surface area contributed by atoms with Crippen molar-refractivity contribution in [3.63, 3.8) is 0 Å². The van der Waals surface area contributed by atoms with Gasteiger partial charge in [0.25, 0.3) is 11.7 Å². The molecule has 0 aliphatic carbocycles. The standard InChI is InChI=1S/C19H18ClNO3S/c1-3-8-21-15(18-11(2)7-9-25-18)14(17(23)19(21)24)16(22)12-5-4-6-13(20)10-12/h4-7,9-10,15,22H,3,8H2,1-2H3/b16-14-. The molecule has 1 aliphatic rings. The molecule has 0 saturated carbocycles. The molecule has 1 aromatic carbocycles. The molecule has 1 aliphatic heterocycles. The molecule has 6 heteroatoms. The number of aliphatic hydroxyl groups excluding tert-OH is 1. The maximum Gasteiger partial charge on any atom is 0.295 e. The van der Waals surface area contributed by atoms with Crippen molar-refractivity contribution in [3.05, 3.63) is 62.3 Å². The molecule has 1 atom stereocenters. The largest absolute Gasteiger partial charge is 0.507 e. The number of aryl methyl sites for hydroxylation is 1. The minimum Gasteiger partial charge on any atom is -0.507 e. The number of rotatable bonds is 4. The summed E-state index contributed by atoms with van der Waals surface area (Å²) in [5.41, 5.74) is 1.56. The zero-order valence-corrected chi connectivity index (χ0v) is 15.5. The first-order valence-electron chi connectivity index (χ1n) is 8.04. The van der Waals surface area contributed by atoms with Crippen LogP contribution in [-0.4, -0.2) is 28.2 Å². The Labute approximate surface area is 155 Å². The molecule has 1 amide bonds. The minimum atomic E-state index is -0.649. The van der Waals surface area contributed by atoms with E-state index >= 15 is 0 Å². The monoisotopic (exact) mass is 375 g/mol. The van der Waals surface area contributed by atoms with Gasteiger partial charge < -0.3 is 10.0 Å². The van der Waals surface area contributed by atoms with E-state index in [-0.39, 0.29) is 11.3 Å². The molecule has 2 aromatic rings. The number of nitrogens with zero attached hydrogens (tertiary/aromatic N) is 1. The Morgan fingerprint density at radius 3 is 2.68 bits per heavy atom. The number of hydrogen-bond donors (Lipinski definition) is 1. The highest BCUT2D eigenvalue weighted by Crippen LogP contribution is 2.42. The summed E-state index contributed by atoms with van der Waals surface area (Å²) < 4.78 is 0. The lowest BCUT2D eigenvalue weighted by molar-refractivity contribution is -0.139. The average molecular weight is 376 g/mol. The molecule has 3 rings (SSSR count). The fourth-order valence-electron chi connectivity index (χ4n) is 3.08. The lowest BCUT2D eigenvalue weighted by Crippen LogP contribution is -2.30. The normalized spacial score (nSPS) is 19.6. The topological polar surface area (TPSA) is 57.6 Å². The number of hydrogen-bond acceptors (Lipinski definition) is 4. The van der Waals surface area contributed by atoms with E-state index in [0.717, 1.165) is 16.9 Å². The van der Waals surface area contributed by atoms with Crippen LogP contribution >= 0.6 is 22.9 Å². The lowest BCUT2D eigenvalue weighted by atomic mass is 9.98. The van der Waals surface area contributed by atoms with Crippen molar-refractivity contribution in [2.75, 3.05) is 6.54 Å². The summed E-state index contributed by atoms with van der Waals surface area (Å²) in [5.74, 6) is -1.40. The van der Waals surface area contributed by atoms with Crippen molar-refractivity contribution in [2.24, 2.45) is 0 Å². The lowest BCUT2D eigenvalue weighted by Gasteiger charge is -2.24. The van der Waals surface area contributed by atoms with Gasteiger partial charge in [-0.25, -0.2) is 0 Å².